The SMILES string of the molecule is O=C(CNC(=O)c1ccco1)NCCOc1ccc(F)cc1. The first-order valence-electron chi connectivity index (χ1n) is 6.62. The van der Waals surface area contributed by atoms with Crippen molar-refractivity contribution in [2.24, 2.45) is 0 Å². The van der Waals surface area contributed by atoms with Gasteiger partial charge in [-0.2, -0.15) is 0 Å². The Morgan fingerprint density at radius 1 is 1.14 bits per heavy atom. The van der Waals surface area contributed by atoms with E-state index in [1.807, 2.05) is 0 Å². The second-order valence-electron chi connectivity index (χ2n) is 4.31. The number of nitrogens with one attached hydrogen (secondary N) is 2. The number of hydrogen-bond acceptors (Lipinski definition) is 4. The molecule has 1 heterocycles. The monoisotopic (exact) mass is 306 g/mol. The molecule has 0 fully saturated rings. The third-order valence-electron chi connectivity index (χ3n) is 2.66. The zero-order chi connectivity index (χ0) is 15.8. The van der Waals surface area contributed by atoms with Crippen LogP contribution in [0.1, 0.15) is 10.6 Å². The molecular formula is C15H15FN2O4. The molecule has 2 amide bonds. The summed E-state index contributed by atoms with van der Waals surface area (Å²) in [7, 11) is 0. The molecule has 2 rings (SSSR count). The van der Waals surface area contributed by atoms with Gasteiger partial charge in [0.1, 0.15) is 18.2 Å². The molecule has 1 aromatic carbocycles. The van der Waals surface area contributed by atoms with Gasteiger partial charge in [0, 0.05) is 0 Å². The highest BCUT2D eigenvalue weighted by Crippen LogP contribution is 2.10. The number of hydrogen-bond donors (Lipinski definition) is 2. The highest BCUT2D eigenvalue weighted by atomic mass is 19.1. The topological polar surface area (TPSA) is 80.6 Å². The number of rotatable bonds is 7. The average molecular weight is 306 g/mol. The fraction of sp³-hybridized carbons (Fsp3) is 0.200. The van der Waals surface area contributed by atoms with Crippen molar-refractivity contribution < 1.29 is 23.1 Å². The molecule has 22 heavy (non-hydrogen) atoms. The van der Waals surface area contributed by atoms with Gasteiger partial charge in [0.25, 0.3) is 5.91 Å². The second-order valence-corrected chi connectivity index (χ2v) is 4.31. The normalized spacial score (nSPS) is 10.0. The summed E-state index contributed by atoms with van der Waals surface area (Å²) in [6, 6.07) is 8.67. The van der Waals surface area contributed by atoms with Crippen LogP contribution in [0.2, 0.25) is 0 Å². The Morgan fingerprint density at radius 3 is 2.59 bits per heavy atom. The zero-order valence-electron chi connectivity index (χ0n) is 11.7. The maximum atomic E-state index is 12.7. The molecule has 0 saturated carbocycles. The highest BCUT2D eigenvalue weighted by Gasteiger charge is 2.09. The van der Waals surface area contributed by atoms with Crippen LogP contribution in [0.5, 0.6) is 5.75 Å². The number of halogens is 1. The molecule has 0 bridgehead atoms. The number of amides is 2. The first-order chi connectivity index (χ1) is 10.6. The fourth-order valence-corrected chi connectivity index (χ4v) is 1.61. The quantitative estimate of drug-likeness (QED) is 0.757. The van der Waals surface area contributed by atoms with Crippen LogP contribution in [0.15, 0.2) is 47.1 Å². The third-order valence-corrected chi connectivity index (χ3v) is 2.66. The smallest absolute Gasteiger partial charge is 0.287 e. The lowest BCUT2D eigenvalue weighted by molar-refractivity contribution is -0.120. The van der Waals surface area contributed by atoms with Crippen LogP contribution in [0.25, 0.3) is 0 Å². The van der Waals surface area contributed by atoms with Crippen LogP contribution >= 0.6 is 0 Å². The molecule has 7 heteroatoms. The lowest BCUT2D eigenvalue weighted by Gasteiger charge is -2.08. The van der Waals surface area contributed by atoms with Gasteiger partial charge in [-0.1, -0.05) is 0 Å². The fourth-order valence-electron chi connectivity index (χ4n) is 1.61. The summed E-state index contributed by atoms with van der Waals surface area (Å²) < 4.78 is 22.9. The minimum Gasteiger partial charge on any atom is -0.492 e. The molecule has 0 aliphatic rings. The molecule has 0 aliphatic heterocycles. The second kappa shape index (κ2) is 7.82. The maximum Gasteiger partial charge on any atom is 0.287 e. The Morgan fingerprint density at radius 2 is 1.91 bits per heavy atom. The maximum absolute atomic E-state index is 12.7. The standard InChI is InChI=1S/C15H15FN2O4/c16-11-3-5-12(6-4-11)21-9-7-17-14(19)10-18-15(20)13-2-1-8-22-13/h1-6,8H,7,9-10H2,(H,17,19)(H,18,20). The molecule has 0 radical (unpaired) electrons. The van der Waals surface area contributed by atoms with E-state index in [1.54, 1.807) is 6.07 Å². The summed E-state index contributed by atoms with van der Waals surface area (Å²) in [5, 5.41) is 5.00. The van der Waals surface area contributed by atoms with Crippen LogP contribution in [0.3, 0.4) is 0 Å². The molecule has 2 N–H and O–H groups in total. The Bertz CT molecular complexity index is 611. The third kappa shape index (κ3) is 4.93. The van der Waals surface area contributed by atoms with Gasteiger partial charge in [0.15, 0.2) is 5.76 Å². The van der Waals surface area contributed by atoms with E-state index in [9.17, 15) is 14.0 Å². The van der Waals surface area contributed by atoms with E-state index in [4.69, 9.17) is 9.15 Å². The van der Waals surface area contributed by atoms with Gasteiger partial charge in [-0.15, -0.1) is 0 Å². The van der Waals surface area contributed by atoms with Crippen molar-refractivity contribution in [2.75, 3.05) is 19.7 Å². The van der Waals surface area contributed by atoms with Gasteiger partial charge in [-0.25, -0.2) is 4.39 Å². The molecule has 0 atom stereocenters. The van der Waals surface area contributed by atoms with Crippen molar-refractivity contribution in [3.8, 4) is 5.75 Å². The molecule has 0 aliphatic carbocycles. The highest BCUT2D eigenvalue weighted by molar-refractivity contribution is 5.94. The van der Waals surface area contributed by atoms with E-state index in [-0.39, 0.29) is 37.2 Å². The molecular weight excluding hydrogens is 291 g/mol. The van der Waals surface area contributed by atoms with Gasteiger partial charge in [0.2, 0.25) is 5.91 Å². The number of benzene rings is 1. The summed E-state index contributed by atoms with van der Waals surface area (Å²) in [6.45, 7) is 0.354. The Balaban J connectivity index is 1.59. The van der Waals surface area contributed by atoms with E-state index in [1.165, 1.54) is 36.6 Å². The predicted molar refractivity (Wildman–Crippen MR) is 75.9 cm³/mol. The van der Waals surface area contributed by atoms with Gasteiger partial charge in [-0.05, 0) is 36.4 Å². The Labute approximate surface area is 126 Å². The summed E-state index contributed by atoms with van der Waals surface area (Å²) in [6.07, 6.45) is 1.38. The van der Waals surface area contributed by atoms with E-state index in [0.717, 1.165) is 0 Å². The van der Waals surface area contributed by atoms with Crippen molar-refractivity contribution in [2.45, 2.75) is 0 Å². The van der Waals surface area contributed by atoms with Crippen molar-refractivity contribution in [1.82, 2.24) is 10.6 Å². The lowest BCUT2D eigenvalue weighted by Crippen LogP contribution is -2.38. The van der Waals surface area contributed by atoms with E-state index >= 15 is 0 Å². The number of carbonyl (C=O) groups is 2. The summed E-state index contributed by atoms with van der Waals surface area (Å²) in [5.41, 5.74) is 0. The molecule has 1 aromatic heterocycles. The molecule has 0 unspecified atom stereocenters. The predicted octanol–water partition coefficient (Wildman–Crippen LogP) is 1.34. The van der Waals surface area contributed by atoms with Gasteiger partial charge < -0.3 is 19.8 Å². The molecule has 0 saturated heterocycles. The number of furan rings is 1. The van der Waals surface area contributed by atoms with Crippen LogP contribution in [0, 0.1) is 5.82 Å². The Kier molecular flexibility index (Phi) is 5.53. The molecule has 6 nitrogen and oxygen atoms in total. The lowest BCUT2D eigenvalue weighted by atomic mass is 10.3. The van der Waals surface area contributed by atoms with E-state index < -0.39 is 5.91 Å². The first kappa shape index (κ1) is 15.6. The largest absolute Gasteiger partial charge is 0.492 e. The van der Waals surface area contributed by atoms with E-state index in [2.05, 4.69) is 10.6 Å². The van der Waals surface area contributed by atoms with Crippen LogP contribution in [-0.4, -0.2) is 31.5 Å². The summed E-state index contributed by atoms with van der Waals surface area (Å²) in [4.78, 5) is 23.0. The van der Waals surface area contributed by atoms with Gasteiger partial charge in [-0.3, -0.25) is 9.59 Å². The van der Waals surface area contributed by atoms with Crippen molar-refractivity contribution in [3.63, 3.8) is 0 Å². The van der Waals surface area contributed by atoms with Crippen LogP contribution in [0.4, 0.5) is 4.39 Å². The first-order valence-corrected chi connectivity index (χ1v) is 6.62. The zero-order valence-corrected chi connectivity index (χ0v) is 11.7. The minimum atomic E-state index is -0.456. The van der Waals surface area contributed by atoms with Crippen molar-refractivity contribution in [1.29, 1.82) is 0 Å². The summed E-state index contributed by atoms with van der Waals surface area (Å²) in [5.74, 6) is -0.479. The minimum absolute atomic E-state index is 0.146. The van der Waals surface area contributed by atoms with Crippen molar-refractivity contribution >= 4 is 11.8 Å². The molecule has 0 spiro atoms. The Hall–Kier alpha value is -2.83. The number of ether oxygens (including phenoxy) is 1. The van der Waals surface area contributed by atoms with Gasteiger partial charge >= 0.3 is 0 Å². The van der Waals surface area contributed by atoms with Crippen molar-refractivity contribution in [3.05, 3.63) is 54.2 Å². The van der Waals surface area contributed by atoms with E-state index in [0.29, 0.717) is 5.75 Å². The summed E-state index contributed by atoms with van der Waals surface area (Å²) >= 11 is 0. The molecule has 2 aromatic rings. The average Bonchev–Trinajstić information content (AvgIpc) is 3.05. The number of carbonyl (C=O) groups excluding carboxylic acids is 2. The molecule has 116 valence electrons. The van der Waals surface area contributed by atoms with Crippen LogP contribution in [-0.2, 0) is 4.79 Å². The van der Waals surface area contributed by atoms with Crippen LogP contribution < -0.4 is 15.4 Å². The van der Waals surface area contributed by atoms with Gasteiger partial charge in [0.05, 0.1) is 19.4 Å².